The molecule has 0 amide bonds. The fraction of sp³-hybridized carbons (Fsp3) is 0.524. The number of nitrogens with zero attached hydrogens (tertiary/aromatic N) is 7. The van der Waals surface area contributed by atoms with Gasteiger partial charge in [-0.2, -0.15) is 0 Å². The van der Waals surface area contributed by atoms with E-state index in [1.54, 1.807) is 10.9 Å². The lowest BCUT2D eigenvalue weighted by Gasteiger charge is -2.25. The molecule has 44 heavy (non-hydrogen) atoms. The molecule has 6 heterocycles. The topological polar surface area (TPSA) is 263 Å². The Morgan fingerprint density at radius 2 is 1.70 bits per heavy atom. The van der Waals surface area contributed by atoms with Crippen LogP contribution in [0, 0.1) is 5.92 Å². The normalized spacial score (nSPS) is 28.5. The lowest BCUT2D eigenvalue weighted by atomic mass is 10.1. The fourth-order valence-corrected chi connectivity index (χ4v) is 7.34. The van der Waals surface area contributed by atoms with Crippen LogP contribution in [-0.2, 0) is 39.4 Å². The van der Waals surface area contributed by atoms with Crippen LogP contribution in [0.1, 0.15) is 32.2 Å². The van der Waals surface area contributed by atoms with E-state index in [2.05, 4.69) is 42.2 Å². The SMILES string of the molecule is CC1C[C@@H](COP(O)(=S)O[C@@H]2C[C@@H](COP(=O)(O)S)O[C@H]2n2c(=O)[nH]c3c(N)ncnc32)O[C@H]1n1cnc2c(N)ncnc21. The van der Waals surface area contributed by atoms with Crippen LogP contribution in [0.15, 0.2) is 23.8 Å². The summed E-state index contributed by atoms with van der Waals surface area (Å²) in [6.07, 6.45) is 0.621. The molecule has 2 fully saturated rings. The van der Waals surface area contributed by atoms with Crippen LogP contribution in [-0.4, -0.2) is 80.4 Å². The summed E-state index contributed by atoms with van der Waals surface area (Å²) in [5, 5.41) is 0. The van der Waals surface area contributed by atoms with Crippen LogP contribution in [0.25, 0.3) is 22.3 Å². The van der Waals surface area contributed by atoms with Gasteiger partial charge in [-0.1, -0.05) is 19.2 Å². The molecule has 238 valence electrons. The van der Waals surface area contributed by atoms with E-state index in [-0.39, 0.29) is 48.4 Å². The molecule has 0 bridgehead atoms. The molecular formula is C21H28N10O9P2S2. The molecule has 8 atom stereocenters. The summed E-state index contributed by atoms with van der Waals surface area (Å²) >= 11 is 8.83. The standard InChI is InChI=1S/C21H28N10O9P2S2/c1-9-2-10(38-19(9)30-8-28-13-15(22)24-6-26-17(13)30)5-37-42(35,44)40-12-3-11(4-36-41(33,34)43)39-20(12)31-18-14(29-21(31)32)16(23)25-7-27-18/h6-12,19-20H,2-5H2,1H3,(H,29,32)(H,35,44)(H2,22,24,26)(H2,23,25,27)(H2,33,34,43)/t9?,10-,11-,12+,19+,20+,42?/m0/s1. The van der Waals surface area contributed by atoms with E-state index < -0.39 is 50.0 Å². The molecule has 6 rings (SSSR count). The first kappa shape index (κ1) is 31.4. The molecule has 3 unspecified atom stereocenters. The number of nitrogen functional groups attached to an aromatic ring is 2. The van der Waals surface area contributed by atoms with Crippen molar-refractivity contribution in [3.05, 3.63) is 29.5 Å². The Labute approximate surface area is 258 Å². The van der Waals surface area contributed by atoms with Crippen LogP contribution < -0.4 is 17.2 Å². The zero-order valence-corrected chi connectivity index (χ0v) is 26.3. The number of aromatic amines is 1. The van der Waals surface area contributed by atoms with Crippen molar-refractivity contribution in [3.8, 4) is 0 Å². The predicted octanol–water partition coefficient (Wildman–Crippen LogP) is 1.00. The lowest BCUT2D eigenvalue weighted by Crippen LogP contribution is -2.30. The van der Waals surface area contributed by atoms with Crippen molar-refractivity contribution >= 4 is 71.5 Å². The zero-order valence-electron chi connectivity index (χ0n) is 22.8. The number of hydrogen-bond acceptors (Lipinski definition) is 15. The molecule has 4 aromatic heterocycles. The van der Waals surface area contributed by atoms with E-state index in [0.29, 0.717) is 17.6 Å². The highest BCUT2D eigenvalue weighted by molar-refractivity contribution is 8.44. The highest BCUT2D eigenvalue weighted by Crippen LogP contribution is 2.51. The Bertz CT molecular complexity index is 1850. The second-order valence-corrected chi connectivity index (χ2v) is 15.8. The number of rotatable bonds is 10. The van der Waals surface area contributed by atoms with E-state index in [9.17, 15) is 19.1 Å². The third-order valence-electron chi connectivity index (χ3n) is 7.17. The Morgan fingerprint density at radius 1 is 1.05 bits per heavy atom. The number of thiol groups is 1. The Hall–Kier alpha value is -2.55. The largest absolute Gasteiger partial charge is 0.383 e. The first-order valence-electron chi connectivity index (χ1n) is 13.1. The van der Waals surface area contributed by atoms with Crippen molar-refractivity contribution in [2.45, 2.75) is 50.5 Å². The minimum absolute atomic E-state index is 0.00182. The summed E-state index contributed by atoms with van der Waals surface area (Å²) in [6.45, 7) is -6.59. The van der Waals surface area contributed by atoms with E-state index in [4.69, 9.17) is 46.3 Å². The van der Waals surface area contributed by atoms with Crippen molar-refractivity contribution < 1.29 is 37.4 Å². The minimum Gasteiger partial charge on any atom is -0.382 e. The zero-order chi connectivity index (χ0) is 31.4. The summed E-state index contributed by atoms with van der Waals surface area (Å²) in [6, 6.07) is 0. The van der Waals surface area contributed by atoms with Gasteiger partial charge in [0.15, 0.2) is 29.2 Å². The number of nitrogens with two attached hydrogens (primary N) is 2. The molecule has 4 aromatic rings. The van der Waals surface area contributed by atoms with Gasteiger partial charge >= 0.3 is 19.2 Å². The van der Waals surface area contributed by atoms with Crippen molar-refractivity contribution in [2.24, 2.45) is 5.92 Å². The number of H-pyrrole nitrogens is 1. The molecule has 2 aliphatic rings. The maximum absolute atomic E-state index is 12.9. The smallest absolute Gasteiger partial charge is 0.382 e. The molecular weight excluding hydrogens is 662 g/mol. The number of fused-ring (bicyclic) bond motifs is 2. The molecule has 0 spiro atoms. The van der Waals surface area contributed by atoms with Gasteiger partial charge in [0, 0.05) is 12.3 Å². The second kappa shape index (κ2) is 12.0. The molecule has 0 radical (unpaired) electrons. The Morgan fingerprint density at radius 3 is 2.45 bits per heavy atom. The maximum Gasteiger partial charge on any atom is 0.383 e. The number of nitrogens with one attached hydrogen (secondary N) is 1. The molecule has 2 saturated heterocycles. The summed E-state index contributed by atoms with van der Waals surface area (Å²) in [5.74, 6) is 0.291. The van der Waals surface area contributed by atoms with E-state index in [0.717, 1.165) is 4.57 Å². The predicted molar refractivity (Wildman–Crippen MR) is 161 cm³/mol. The molecule has 23 heteroatoms. The molecule has 2 aliphatic heterocycles. The fourth-order valence-electron chi connectivity index (χ4n) is 5.32. The van der Waals surface area contributed by atoms with Crippen molar-refractivity contribution in [1.29, 1.82) is 0 Å². The van der Waals surface area contributed by atoms with Gasteiger partial charge in [0.05, 0.1) is 31.7 Å². The average Bonchev–Trinajstić information content (AvgIpc) is 3.71. The number of imidazole rings is 2. The molecule has 0 aromatic carbocycles. The van der Waals surface area contributed by atoms with Crippen molar-refractivity contribution in [2.75, 3.05) is 24.7 Å². The highest BCUT2D eigenvalue weighted by atomic mass is 32.7. The number of hydrogen-bond donors (Lipinski definition) is 6. The van der Waals surface area contributed by atoms with Crippen LogP contribution >= 0.6 is 25.8 Å². The van der Waals surface area contributed by atoms with Gasteiger partial charge in [0.2, 0.25) is 0 Å². The first-order chi connectivity index (χ1) is 20.8. The third-order valence-corrected chi connectivity index (χ3v) is 9.59. The van der Waals surface area contributed by atoms with Crippen molar-refractivity contribution in [1.82, 2.24) is 39.0 Å². The minimum atomic E-state index is -4.14. The Balaban J connectivity index is 1.17. The van der Waals surface area contributed by atoms with Crippen LogP contribution in [0.3, 0.4) is 0 Å². The Kier molecular flexibility index (Phi) is 8.57. The van der Waals surface area contributed by atoms with E-state index >= 15 is 0 Å². The van der Waals surface area contributed by atoms with Crippen LogP contribution in [0.2, 0.25) is 0 Å². The van der Waals surface area contributed by atoms with Gasteiger partial charge < -0.3 is 44.8 Å². The summed E-state index contributed by atoms with van der Waals surface area (Å²) < 4.78 is 43.1. The van der Waals surface area contributed by atoms with Gasteiger partial charge in [-0.15, -0.1) is 0 Å². The van der Waals surface area contributed by atoms with Gasteiger partial charge in [-0.3, -0.25) is 9.09 Å². The van der Waals surface area contributed by atoms with Gasteiger partial charge in [0.1, 0.15) is 36.0 Å². The highest BCUT2D eigenvalue weighted by Gasteiger charge is 2.43. The van der Waals surface area contributed by atoms with Gasteiger partial charge in [0.25, 0.3) is 0 Å². The summed E-state index contributed by atoms with van der Waals surface area (Å²) in [5.41, 5.74) is 12.4. The van der Waals surface area contributed by atoms with Crippen molar-refractivity contribution in [3.63, 3.8) is 0 Å². The first-order valence-corrected chi connectivity index (χ1v) is 18.4. The number of anilines is 2. The van der Waals surface area contributed by atoms with E-state index in [1.165, 1.54) is 12.7 Å². The monoisotopic (exact) mass is 690 g/mol. The van der Waals surface area contributed by atoms with Gasteiger partial charge in [-0.25, -0.2) is 38.8 Å². The van der Waals surface area contributed by atoms with Crippen LogP contribution in [0.4, 0.5) is 11.6 Å². The molecule has 0 aliphatic carbocycles. The average molecular weight is 691 g/mol. The summed E-state index contributed by atoms with van der Waals surface area (Å²) in [7, 11) is 0. The lowest BCUT2D eigenvalue weighted by molar-refractivity contribution is -0.0495. The molecule has 7 N–H and O–H groups in total. The maximum atomic E-state index is 12.9. The quantitative estimate of drug-likeness (QED) is 0.100. The summed E-state index contributed by atoms with van der Waals surface area (Å²) in [4.78, 5) is 56.5. The molecule has 19 nitrogen and oxygen atoms in total. The van der Waals surface area contributed by atoms with E-state index in [1.807, 2.05) is 6.92 Å². The molecule has 0 saturated carbocycles. The second-order valence-electron chi connectivity index (χ2n) is 10.3. The number of ether oxygens (including phenoxy) is 2. The van der Waals surface area contributed by atoms with Gasteiger partial charge in [-0.05, 0) is 18.2 Å². The number of aromatic nitrogens is 8. The van der Waals surface area contributed by atoms with Crippen LogP contribution in [0.5, 0.6) is 0 Å². The third kappa shape index (κ3) is 6.40.